The van der Waals surface area contributed by atoms with E-state index in [1.165, 1.54) is 4.90 Å². The molecule has 0 spiro atoms. The quantitative estimate of drug-likeness (QED) is 0.898. The summed E-state index contributed by atoms with van der Waals surface area (Å²) in [5, 5.41) is 12.8. The van der Waals surface area contributed by atoms with E-state index in [0.717, 1.165) is 16.7 Å². The van der Waals surface area contributed by atoms with Gasteiger partial charge in [-0.25, -0.2) is 4.79 Å². The smallest absolute Gasteiger partial charge is 0.407 e. The molecule has 5 nitrogen and oxygen atoms in total. The van der Waals surface area contributed by atoms with E-state index in [2.05, 4.69) is 5.32 Å². The standard InChI is InChI=1S/C20H22N2O3/c1-13-7-6-10-16(11-13)17-18(14(2)19(23)21-17)22(20(24)25)12-15-8-4-3-5-9-15/h3-11,14,17-18H,12H2,1-2H3,(H,21,23)(H,24,25)/t14-,17+,18-/m0/s1. The molecule has 2 aromatic carbocycles. The molecule has 0 unspecified atom stereocenters. The first-order valence-electron chi connectivity index (χ1n) is 8.38. The minimum atomic E-state index is -1.02. The maximum Gasteiger partial charge on any atom is 0.407 e. The number of carbonyl (C=O) groups excluding carboxylic acids is 1. The average Bonchev–Trinajstić information content (AvgIpc) is 2.89. The molecule has 0 aliphatic carbocycles. The monoisotopic (exact) mass is 338 g/mol. The molecule has 25 heavy (non-hydrogen) atoms. The predicted molar refractivity (Wildman–Crippen MR) is 95.0 cm³/mol. The van der Waals surface area contributed by atoms with Crippen LogP contribution >= 0.6 is 0 Å². The number of hydrogen-bond acceptors (Lipinski definition) is 2. The lowest BCUT2D eigenvalue weighted by atomic mass is 9.92. The van der Waals surface area contributed by atoms with Crippen LogP contribution in [0, 0.1) is 12.8 Å². The molecule has 0 bridgehead atoms. The van der Waals surface area contributed by atoms with Crippen LogP contribution in [0.4, 0.5) is 4.79 Å². The molecule has 3 rings (SSSR count). The van der Waals surface area contributed by atoms with E-state index < -0.39 is 18.1 Å². The highest BCUT2D eigenvalue weighted by Crippen LogP contribution is 2.34. The van der Waals surface area contributed by atoms with Gasteiger partial charge in [-0.1, -0.05) is 67.1 Å². The Morgan fingerprint density at radius 2 is 1.88 bits per heavy atom. The number of benzene rings is 2. The van der Waals surface area contributed by atoms with Crippen molar-refractivity contribution in [2.75, 3.05) is 0 Å². The van der Waals surface area contributed by atoms with Gasteiger partial charge in [0.2, 0.25) is 5.91 Å². The van der Waals surface area contributed by atoms with E-state index in [0.29, 0.717) is 0 Å². The van der Waals surface area contributed by atoms with Gasteiger partial charge in [-0.05, 0) is 18.1 Å². The first-order valence-corrected chi connectivity index (χ1v) is 8.38. The summed E-state index contributed by atoms with van der Waals surface area (Å²) in [6.07, 6.45) is -1.02. The lowest BCUT2D eigenvalue weighted by Gasteiger charge is -2.32. The molecule has 2 N–H and O–H groups in total. The molecule has 1 aliphatic heterocycles. The molecule has 1 fully saturated rings. The molecule has 2 amide bonds. The Labute approximate surface area is 147 Å². The van der Waals surface area contributed by atoms with Crippen molar-refractivity contribution in [3.05, 3.63) is 71.3 Å². The maximum absolute atomic E-state index is 12.3. The van der Waals surface area contributed by atoms with Crippen LogP contribution in [0.15, 0.2) is 54.6 Å². The summed E-state index contributed by atoms with van der Waals surface area (Å²) in [4.78, 5) is 25.7. The Hall–Kier alpha value is -2.82. The zero-order valence-corrected chi connectivity index (χ0v) is 14.3. The number of nitrogens with zero attached hydrogens (tertiary/aromatic N) is 1. The van der Waals surface area contributed by atoms with Gasteiger partial charge in [0, 0.05) is 6.54 Å². The van der Waals surface area contributed by atoms with Crippen LogP contribution in [0.3, 0.4) is 0 Å². The highest BCUT2D eigenvalue weighted by molar-refractivity contribution is 5.83. The Kier molecular flexibility index (Phi) is 4.74. The van der Waals surface area contributed by atoms with Gasteiger partial charge in [0.1, 0.15) is 0 Å². The van der Waals surface area contributed by atoms with Crippen molar-refractivity contribution in [3.63, 3.8) is 0 Å². The highest BCUT2D eigenvalue weighted by atomic mass is 16.4. The highest BCUT2D eigenvalue weighted by Gasteiger charge is 2.45. The fourth-order valence-electron chi connectivity index (χ4n) is 3.49. The summed E-state index contributed by atoms with van der Waals surface area (Å²) in [7, 11) is 0. The topological polar surface area (TPSA) is 69.6 Å². The summed E-state index contributed by atoms with van der Waals surface area (Å²) in [6.45, 7) is 4.02. The van der Waals surface area contributed by atoms with Crippen molar-refractivity contribution in [1.29, 1.82) is 0 Å². The molecule has 3 atom stereocenters. The number of amides is 2. The number of carbonyl (C=O) groups is 2. The molecule has 1 saturated heterocycles. The third kappa shape index (κ3) is 3.50. The van der Waals surface area contributed by atoms with Crippen LogP contribution in [0.5, 0.6) is 0 Å². The van der Waals surface area contributed by atoms with Crippen molar-refractivity contribution < 1.29 is 14.7 Å². The van der Waals surface area contributed by atoms with Gasteiger partial charge >= 0.3 is 6.09 Å². The Bertz CT molecular complexity index is 776. The van der Waals surface area contributed by atoms with E-state index in [1.54, 1.807) is 6.92 Å². The Morgan fingerprint density at radius 3 is 2.52 bits per heavy atom. The van der Waals surface area contributed by atoms with Crippen LogP contribution in [0.1, 0.15) is 29.7 Å². The fraction of sp³-hybridized carbons (Fsp3) is 0.300. The average molecular weight is 338 g/mol. The number of aryl methyl sites for hydroxylation is 1. The molecule has 0 saturated carbocycles. The fourth-order valence-corrected chi connectivity index (χ4v) is 3.49. The second-order valence-corrected chi connectivity index (χ2v) is 6.58. The summed E-state index contributed by atoms with van der Waals surface area (Å²) in [5.41, 5.74) is 2.91. The van der Waals surface area contributed by atoms with Gasteiger partial charge < -0.3 is 10.4 Å². The minimum absolute atomic E-state index is 0.115. The first-order chi connectivity index (χ1) is 12.0. The summed E-state index contributed by atoms with van der Waals surface area (Å²) < 4.78 is 0. The van der Waals surface area contributed by atoms with E-state index in [1.807, 2.05) is 61.5 Å². The summed E-state index contributed by atoms with van der Waals surface area (Å²) in [6, 6.07) is 16.5. The molecular formula is C20H22N2O3. The predicted octanol–water partition coefficient (Wildman–Crippen LogP) is 3.35. The van der Waals surface area contributed by atoms with Crippen molar-refractivity contribution in [2.45, 2.75) is 32.5 Å². The molecule has 5 heteroatoms. The van der Waals surface area contributed by atoms with Crippen molar-refractivity contribution in [3.8, 4) is 0 Å². The Balaban J connectivity index is 1.96. The number of carboxylic acid groups (broad SMARTS) is 1. The van der Waals surface area contributed by atoms with Crippen LogP contribution in [-0.4, -0.2) is 28.0 Å². The van der Waals surface area contributed by atoms with E-state index in [4.69, 9.17) is 0 Å². The molecule has 2 aromatic rings. The SMILES string of the molecule is Cc1cccc([C@H]2NC(=O)[C@@H](C)[C@@H]2N(Cc2ccccc2)C(=O)O)c1. The van der Waals surface area contributed by atoms with Crippen molar-refractivity contribution >= 4 is 12.0 Å². The normalized spacial score (nSPS) is 22.5. The van der Waals surface area contributed by atoms with Gasteiger partial charge in [-0.3, -0.25) is 9.69 Å². The zero-order chi connectivity index (χ0) is 18.0. The third-order valence-corrected chi connectivity index (χ3v) is 4.77. The second-order valence-electron chi connectivity index (χ2n) is 6.58. The summed E-state index contributed by atoms with van der Waals surface area (Å²) >= 11 is 0. The summed E-state index contributed by atoms with van der Waals surface area (Å²) in [5.74, 6) is -0.527. The third-order valence-electron chi connectivity index (χ3n) is 4.77. The van der Waals surface area contributed by atoms with Gasteiger partial charge in [0.25, 0.3) is 0 Å². The van der Waals surface area contributed by atoms with Gasteiger partial charge in [0.15, 0.2) is 0 Å². The second kappa shape index (κ2) is 6.97. The molecular weight excluding hydrogens is 316 g/mol. The van der Waals surface area contributed by atoms with Crippen LogP contribution in [-0.2, 0) is 11.3 Å². The maximum atomic E-state index is 12.3. The largest absolute Gasteiger partial charge is 0.465 e. The number of rotatable bonds is 4. The molecule has 0 aromatic heterocycles. The van der Waals surface area contributed by atoms with Crippen LogP contribution in [0.25, 0.3) is 0 Å². The van der Waals surface area contributed by atoms with Crippen molar-refractivity contribution in [2.24, 2.45) is 5.92 Å². The van der Waals surface area contributed by atoms with E-state index >= 15 is 0 Å². The Morgan fingerprint density at radius 1 is 1.16 bits per heavy atom. The van der Waals surface area contributed by atoms with Crippen LogP contribution in [0.2, 0.25) is 0 Å². The van der Waals surface area contributed by atoms with E-state index in [-0.39, 0.29) is 18.5 Å². The van der Waals surface area contributed by atoms with Gasteiger partial charge in [0.05, 0.1) is 18.0 Å². The van der Waals surface area contributed by atoms with E-state index in [9.17, 15) is 14.7 Å². The zero-order valence-electron chi connectivity index (χ0n) is 14.3. The number of nitrogens with one attached hydrogen (secondary N) is 1. The van der Waals surface area contributed by atoms with Gasteiger partial charge in [-0.15, -0.1) is 0 Å². The van der Waals surface area contributed by atoms with Gasteiger partial charge in [-0.2, -0.15) is 0 Å². The molecule has 1 heterocycles. The van der Waals surface area contributed by atoms with Crippen molar-refractivity contribution in [1.82, 2.24) is 10.2 Å². The number of hydrogen-bond donors (Lipinski definition) is 2. The lowest BCUT2D eigenvalue weighted by Crippen LogP contribution is -2.44. The lowest BCUT2D eigenvalue weighted by molar-refractivity contribution is -0.122. The minimum Gasteiger partial charge on any atom is -0.465 e. The van der Waals surface area contributed by atoms with Crippen LogP contribution < -0.4 is 5.32 Å². The molecule has 0 radical (unpaired) electrons. The molecule has 130 valence electrons. The first kappa shape index (κ1) is 17.0. The molecule has 1 aliphatic rings.